The third-order valence-corrected chi connectivity index (χ3v) is 6.76. The fraction of sp³-hybridized carbons (Fsp3) is 0.667. The van der Waals surface area contributed by atoms with E-state index in [1.807, 2.05) is 12.1 Å². The largest absolute Gasteiger partial charge is 0.417 e. The molecule has 164 valence electrons. The highest BCUT2D eigenvalue weighted by Crippen LogP contribution is 2.49. The summed E-state index contributed by atoms with van der Waals surface area (Å²) in [6.45, 7) is 5.25. The van der Waals surface area contributed by atoms with Crippen LogP contribution in [0.5, 0.6) is 0 Å². The number of aromatic amines is 1. The number of amides is 1. The number of carbonyl (C=O) groups is 1. The first-order valence-corrected chi connectivity index (χ1v) is 11.7. The van der Waals surface area contributed by atoms with Crippen molar-refractivity contribution in [1.29, 1.82) is 0 Å². The lowest BCUT2D eigenvalue weighted by Crippen LogP contribution is -2.45. The topological polar surface area (TPSA) is 78.3 Å². The summed E-state index contributed by atoms with van der Waals surface area (Å²) in [5.41, 5.74) is 1.70. The van der Waals surface area contributed by atoms with E-state index in [0.29, 0.717) is 11.1 Å². The summed E-state index contributed by atoms with van der Waals surface area (Å²) >= 11 is 0. The second kappa shape index (κ2) is 9.38. The lowest BCUT2D eigenvalue weighted by molar-refractivity contribution is -0.124. The van der Waals surface area contributed by atoms with Crippen molar-refractivity contribution < 1.29 is 9.21 Å². The predicted octanol–water partition coefficient (Wildman–Crippen LogP) is 4.09. The van der Waals surface area contributed by atoms with Crippen LogP contribution in [0.15, 0.2) is 27.4 Å². The third-order valence-electron chi connectivity index (χ3n) is 6.76. The molecule has 6 nitrogen and oxygen atoms in total. The Morgan fingerprint density at radius 2 is 1.73 bits per heavy atom. The number of H-pyrrole nitrogens is 1. The van der Waals surface area contributed by atoms with Gasteiger partial charge in [0.25, 0.3) is 0 Å². The molecule has 0 radical (unpaired) electrons. The first-order chi connectivity index (χ1) is 14.6. The van der Waals surface area contributed by atoms with Gasteiger partial charge in [-0.3, -0.25) is 9.78 Å². The zero-order valence-corrected chi connectivity index (χ0v) is 18.2. The average molecular weight is 414 g/mol. The number of fused-ring (bicyclic) bond motifs is 1. The summed E-state index contributed by atoms with van der Waals surface area (Å²) in [5.74, 6) is -0.366. The number of likely N-dealkylation sites (tertiary alicyclic amines) is 1. The molecule has 2 saturated carbocycles. The van der Waals surface area contributed by atoms with Crippen LogP contribution in [0.3, 0.4) is 0 Å². The van der Waals surface area contributed by atoms with Gasteiger partial charge in [-0.2, -0.15) is 0 Å². The maximum atomic E-state index is 12.8. The molecule has 1 unspecified atom stereocenters. The van der Waals surface area contributed by atoms with Crippen molar-refractivity contribution in [1.82, 2.24) is 15.2 Å². The zero-order valence-electron chi connectivity index (χ0n) is 18.2. The summed E-state index contributed by atoms with van der Waals surface area (Å²) in [6.07, 6.45) is 13.2. The van der Waals surface area contributed by atoms with E-state index in [4.69, 9.17) is 4.42 Å². The van der Waals surface area contributed by atoms with Crippen molar-refractivity contribution in [3.8, 4) is 0 Å². The fourth-order valence-corrected chi connectivity index (χ4v) is 4.84. The van der Waals surface area contributed by atoms with E-state index in [-0.39, 0.29) is 11.9 Å². The Bertz CT molecular complexity index is 890. The molecular weight excluding hydrogens is 378 g/mol. The van der Waals surface area contributed by atoms with Crippen LogP contribution in [0.1, 0.15) is 76.7 Å². The van der Waals surface area contributed by atoms with Gasteiger partial charge in [0, 0.05) is 12.6 Å². The highest BCUT2D eigenvalue weighted by Gasteiger charge is 2.51. The smallest absolute Gasteiger partial charge is 0.408 e. The standard InChI is InChI=1S/C18H23N3O3.C6H12/c1-12(11-21-8-2-3-9-21)19-16(22)18(6-7-18)13-4-5-15-14(10-13)20-17(23)24-15;1-2-4-6-5-3-1/h4-5,10,12H,2-3,6-9,11H2,1H3,(H,19,22)(H,20,23);1-6H2. The maximum Gasteiger partial charge on any atom is 0.417 e. The van der Waals surface area contributed by atoms with E-state index < -0.39 is 11.2 Å². The maximum absolute atomic E-state index is 12.8. The quantitative estimate of drug-likeness (QED) is 0.774. The van der Waals surface area contributed by atoms with Crippen molar-refractivity contribution in [2.24, 2.45) is 0 Å². The van der Waals surface area contributed by atoms with E-state index in [2.05, 4.69) is 22.1 Å². The second-order valence-electron chi connectivity index (χ2n) is 9.31. The molecule has 1 amide bonds. The Labute approximate surface area is 178 Å². The molecule has 1 saturated heterocycles. The first kappa shape index (κ1) is 21.2. The SMILES string of the molecule is C1CCCCC1.CC(CN1CCCC1)NC(=O)C1(c2ccc3oc(=O)[nH]c3c2)CC1. The van der Waals surface area contributed by atoms with Gasteiger partial charge < -0.3 is 14.6 Å². The molecule has 1 aliphatic heterocycles. The molecule has 3 aliphatic rings. The minimum absolute atomic E-state index is 0.0967. The van der Waals surface area contributed by atoms with Crippen molar-refractivity contribution in [3.63, 3.8) is 0 Å². The summed E-state index contributed by atoms with van der Waals surface area (Å²) in [7, 11) is 0. The molecule has 2 aliphatic carbocycles. The Hall–Kier alpha value is -2.08. The van der Waals surface area contributed by atoms with E-state index in [0.717, 1.165) is 38.0 Å². The van der Waals surface area contributed by atoms with Crippen molar-refractivity contribution >= 4 is 17.0 Å². The Morgan fingerprint density at radius 3 is 2.33 bits per heavy atom. The van der Waals surface area contributed by atoms with Crippen LogP contribution < -0.4 is 11.1 Å². The van der Waals surface area contributed by atoms with Crippen LogP contribution in [0.4, 0.5) is 0 Å². The highest BCUT2D eigenvalue weighted by molar-refractivity contribution is 5.92. The second-order valence-corrected chi connectivity index (χ2v) is 9.31. The predicted molar refractivity (Wildman–Crippen MR) is 119 cm³/mol. The number of benzene rings is 1. The molecule has 2 aromatic rings. The van der Waals surface area contributed by atoms with Crippen LogP contribution in [-0.4, -0.2) is 41.5 Å². The molecule has 0 spiro atoms. The van der Waals surface area contributed by atoms with E-state index in [1.165, 1.54) is 51.4 Å². The van der Waals surface area contributed by atoms with Crippen LogP contribution in [0.2, 0.25) is 0 Å². The van der Waals surface area contributed by atoms with E-state index in [9.17, 15) is 9.59 Å². The minimum Gasteiger partial charge on any atom is -0.408 e. The lowest BCUT2D eigenvalue weighted by Gasteiger charge is -2.24. The van der Waals surface area contributed by atoms with Gasteiger partial charge in [-0.15, -0.1) is 0 Å². The Balaban J connectivity index is 0.000000313. The molecule has 1 aromatic heterocycles. The van der Waals surface area contributed by atoms with Gasteiger partial charge >= 0.3 is 5.76 Å². The van der Waals surface area contributed by atoms with Crippen molar-refractivity contribution in [2.75, 3.05) is 19.6 Å². The Kier molecular flexibility index (Phi) is 6.61. The summed E-state index contributed by atoms with van der Waals surface area (Å²) < 4.78 is 5.04. The molecule has 30 heavy (non-hydrogen) atoms. The average Bonchev–Trinajstić information content (AvgIpc) is 3.25. The number of oxazole rings is 1. The molecule has 3 fully saturated rings. The van der Waals surface area contributed by atoms with Crippen LogP contribution in [-0.2, 0) is 10.2 Å². The lowest BCUT2D eigenvalue weighted by atomic mass is 9.94. The molecule has 2 heterocycles. The van der Waals surface area contributed by atoms with Gasteiger partial charge in [-0.25, -0.2) is 4.79 Å². The summed E-state index contributed by atoms with van der Waals surface area (Å²) in [5, 5.41) is 3.19. The molecule has 0 bridgehead atoms. The molecule has 2 N–H and O–H groups in total. The number of hydrogen-bond donors (Lipinski definition) is 2. The van der Waals surface area contributed by atoms with Crippen LogP contribution >= 0.6 is 0 Å². The number of nitrogens with zero attached hydrogens (tertiary/aromatic N) is 1. The summed E-state index contributed by atoms with van der Waals surface area (Å²) in [4.78, 5) is 29.2. The van der Waals surface area contributed by atoms with Gasteiger partial charge in [0.2, 0.25) is 5.91 Å². The minimum atomic E-state index is -0.462. The first-order valence-electron chi connectivity index (χ1n) is 11.7. The molecule has 6 heteroatoms. The van der Waals surface area contributed by atoms with Gasteiger partial charge in [-0.1, -0.05) is 44.6 Å². The van der Waals surface area contributed by atoms with Crippen LogP contribution in [0, 0.1) is 0 Å². The van der Waals surface area contributed by atoms with Crippen LogP contribution in [0.25, 0.3) is 11.1 Å². The molecular formula is C24H35N3O3. The number of hydrogen-bond acceptors (Lipinski definition) is 4. The third kappa shape index (κ3) is 4.97. The number of carbonyl (C=O) groups excluding carboxylic acids is 1. The number of nitrogens with one attached hydrogen (secondary N) is 2. The molecule has 1 atom stereocenters. The van der Waals surface area contributed by atoms with Crippen molar-refractivity contribution in [3.05, 3.63) is 34.3 Å². The fourth-order valence-electron chi connectivity index (χ4n) is 4.84. The van der Waals surface area contributed by atoms with Crippen molar-refractivity contribution in [2.45, 2.75) is 82.6 Å². The highest BCUT2D eigenvalue weighted by atomic mass is 16.4. The van der Waals surface area contributed by atoms with E-state index >= 15 is 0 Å². The van der Waals surface area contributed by atoms with Gasteiger partial charge in [0.15, 0.2) is 5.58 Å². The number of rotatable bonds is 5. The molecule has 5 rings (SSSR count). The van der Waals surface area contributed by atoms with Gasteiger partial charge in [-0.05, 0) is 63.4 Å². The molecule has 1 aromatic carbocycles. The van der Waals surface area contributed by atoms with E-state index in [1.54, 1.807) is 6.07 Å². The normalized spacial score (nSPS) is 21.6. The zero-order chi connectivity index (χ0) is 21.0. The number of aromatic nitrogens is 1. The van der Waals surface area contributed by atoms with Gasteiger partial charge in [0.1, 0.15) is 0 Å². The monoisotopic (exact) mass is 413 g/mol. The Morgan fingerprint density at radius 1 is 1.10 bits per heavy atom. The van der Waals surface area contributed by atoms with Gasteiger partial charge in [0.05, 0.1) is 10.9 Å². The summed E-state index contributed by atoms with van der Waals surface area (Å²) in [6, 6.07) is 5.68.